The zero-order valence-electron chi connectivity index (χ0n) is 14.0. The molecule has 0 unspecified atom stereocenters. The van der Waals surface area contributed by atoms with Gasteiger partial charge in [-0.3, -0.25) is 14.1 Å². The van der Waals surface area contributed by atoms with Gasteiger partial charge in [0.2, 0.25) is 5.78 Å². The first-order valence-electron chi connectivity index (χ1n) is 7.72. The van der Waals surface area contributed by atoms with Gasteiger partial charge in [-0.15, -0.1) is 11.3 Å². The Morgan fingerprint density at radius 2 is 2.11 bits per heavy atom. The van der Waals surface area contributed by atoms with E-state index in [-0.39, 0.29) is 39.4 Å². The number of fused-ring (bicyclic) bond motifs is 1. The van der Waals surface area contributed by atoms with E-state index in [9.17, 15) is 18.5 Å². The Hall–Kier alpha value is -2.23. The fourth-order valence-corrected chi connectivity index (χ4v) is 3.58. The van der Waals surface area contributed by atoms with Crippen molar-refractivity contribution in [2.75, 3.05) is 0 Å². The molecule has 142 valence electrons. The normalized spacial score (nSPS) is 11.9. The quantitative estimate of drug-likeness (QED) is 0.452. The van der Waals surface area contributed by atoms with Gasteiger partial charge in [-0.25, -0.2) is 13.9 Å². The topological polar surface area (TPSA) is 119 Å². The molecule has 1 aromatic carbocycles. The number of nitrogens with zero attached hydrogens (tertiary/aromatic N) is 2. The van der Waals surface area contributed by atoms with E-state index in [2.05, 4.69) is 9.51 Å². The highest BCUT2D eigenvalue weighted by Crippen LogP contribution is 2.37. The fourth-order valence-electron chi connectivity index (χ4n) is 2.53. The zero-order chi connectivity index (χ0) is 19.8. The summed E-state index contributed by atoms with van der Waals surface area (Å²) in [5.74, 6) is -1.48. The van der Waals surface area contributed by atoms with Crippen LogP contribution in [-0.2, 0) is 15.8 Å². The second kappa shape index (κ2) is 7.41. The third-order valence-electron chi connectivity index (χ3n) is 3.77. The first kappa shape index (κ1) is 19.5. The van der Waals surface area contributed by atoms with Gasteiger partial charge in [0.25, 0.3) is 0 Å². The molecule has 0 atom stereocenters. The number of hydrogen-bond acceptors (Lipinski definition) is 6. The number of aromatic nitrogens is 2. The molecule has 0 radical (unpaired) electrons. The third kappa shape index (κ3) is 4.05. The molecule has 11 heteroatoms. The van der Waals surface area contributed by atoms with Crippen molar-refractivity contribution in [3.05, 3.63) is 51.9 Å². The molecule has 0 fully saturated rings. The number of Topliss-reactive ketones (excluding diaryl/α,β-unsaturated/α-hetero) is 1. The highest BCUT2D eigenvalue weighted by atomic mass is 32.1. The van der Waals surface area contributed by atoms with Crippen LogP contribution in [0.4, 0.5) is 4.39 Å². The number of carbonyl (C=O) groups is 2. The number of phosphoric ester groups is 1. The van der Waals surface area contributed by atoms with Crippen LogP contribution in [0.3, 0.4) is 0 Å². The molecule has 0 bridgehead atoms. The summed E-state index contributed by atoms with van der Waals surface area (Å²) in [6.07, 6.45) is 1.49. The number of hydrogen-bond donors (Lipinski definition) is 2. The van der Waals surface area contributed by atoms with Gasteiger partial charge >= 0.3 is 7.82 Å². The minimum Gasteiger partial charge on any atom is -0.322 e. The van der Waals surface area contributed by atoms with Crippen LogP contribution in [0, 0.1) is 5.82 Å². The van der Waals surface area contributed by atoms with Crippen LogP contribution in [0.1, 0.15) is 39.2 Å². The van der Waals surface area contributed by atoms with Gasteiger partial charge in [-0.1, -0.05) is 13.0 Å². The lowest BCUT2D eigenvalue weighted by Gasteiger charge is -2.07. The van der Waals surface area contributed by atoms with E-state index in [1.807, 2.05) is 0 Å². The van der Waals surface area contributed by atoms with Crippen LogP contribution in [-0.4, -0.2) is 30.9 Å². The second-order valence-corrected chi connectivity index (χ2v) is 7.64. The van der Waals surface area contributed by atoms with Crippen LogP contribution in [0.2, 0.25) is 0 Å². The Morgan fingerprint density at radius 1 is 1.37 bits per heavy atom. The lowest BCUT2D eigenvalue weighted by Crippen LogP contribution is -2.03. The van der Waals surface area contributed by atoms with Gasteiger partial charge in [-0.2, -0.15) is 0 Å². The van der Waals surface area contributed by atoms with Crippen molar-refractivity contribution in [3.63, 3.8) is 0 Å². The molecular weight excluding hydrogens is 398 g/mol. The van der Waals surface area contributed by atoms with Gasteiger partial charge in [0, 0.05) is 23.4 Å². The summed E-state index contributed by atoms with van der Waals surface area (Å²) in [6, 6.07) is 4.06. The van der Waals surface area contributed by atoms with Gasteiger partial charge in [0.05, 0.1) is 11.1 Å². The van der Waals surface area contributed by atoms with Gasteiger partial charge in [0.15, 0.2) is 10.8 Å². The van der Waals surface area contributed by atoms with Crippen molar-refractivity contribution in [2.45, 2.75) is 20.1 Å². The number of halogens is 1. The monoisotopic (exact) mass is 412 g/mol. The largest absolute Gasteiger partial charge is 0.471 e. The molecule has 8 nitrogen and oxygen atoms in total. The Bertz CT molecular complexity index is 1090. The van der Waals surface area contributed by atoms with Crippen molar-refractivity contribution in [1.29, 1.82) is 0 Å². The van der Waals surface area contributed by atoms with E-state index in [0.717, 1.165) is 11.3 Å². The predicted molar refractivity (Wildman–Crippen MR) is 95.2 cm³/mol. The molecule has 0 aliphatic carbocycles. The molecule has 3 rings (SSSR count). The van der Waals surface area contributed by atoms with Gasteiger partial charge < -0.3 is 14.4 Å². The van der Waals surface area contributed by atoms with Crippen molar-refractivity contribution in [3.8, 4) is 0 Å². The highest BCUT2D eigenvalue weighted by molar-refractivity contribution is 7.46. The maximum Gasteiger partial charge on any atom is 0.471 e. The molecule has 2 N–H and O–H groups in total. The van der Waals surface area contributed by atoms with Crippen molar-refractivity contribution < 1.29 is 32.9 Å². The molecule has 0 saturated carbocycles. The lowest BCUT2D eigenvalue weighted by atomic mass is 10.1. The summed E-state index contributed by atoms with van der Waals surface area (Å²) in [7, 11) is -4.75. The number of ketones is 2. The number of carbonyl (C=O) groups excluding carboxylic acids is 2. The van der Waals surface area contributed by atoms with E-state index in [4.69, 9.17) is 9.79 Å². The molecular formula is C16H14FN2O6PS. The van der Waals surface area contributed by atoms with Crippen molar-refractivity contribution >= 4 is 41.6 Å². The lowest BCUT2D eigenvalue weighted by molar-refractivity contribution is 0.0984. The van der Waals surface area contributed by atoms with Crippen LogP contribution >= 0.6 is 19.2 Å². The van der Waals surface area contributed by atoms with Crippen molar-refractivity contribution in [1.82, 2.24) is 9.55 Å². The van der Waals surface area contributed by atoms with Gasteiger partial charge in [-0.05, 0) is 12.1 Å². The summed E-state index contributed by atoms with van der Waals surface area (Å²) in [5, 5.41) is 1.46. The Morgan fingerprint density at radius 3 is 2.78 bits per heavy atom. The molecule has 3 aromatic rings. The standard InChI is InChI=1S/C16H14FN2O6PS/c1-2-13(20)11-7-27-16(18-11)15(21)9-6-19(8-25-26(22,23)24)12-5-3-4-10(17)14(9)12/h3-7H,2,8H2,1H3,(H2,22,23,24). The first-order valence-corrected chi connectivity index (χ1v) is 10.1. The number of thiazole rings is 1. The Kier molecular flexibility index (Phi) is 5.36. The molecule has 27 heavy (non-hydrogen) atoms. The summed E-state index contributed by atoms with van der Waals surface area (Å²) < 4.78 is 31.0. The van der Waals surface area contributed by atoms with E-state index in [1.54, 1.807) is 6.92 Å². The summed E-state index contributed by atoms with van der Waals surface area (Å²) in [5.41, 5.74) is 0.357. The Balaban J connectivity index is 2.05. The third-order valence-corrected chi connectivity index (χ3v) is 5.06. The molecule has 0 spiro atoms. The number of phosphoric acid groups is 1. The average molecular weight is 412 g/mol. The smallest absolute Gasteiger partial charge is 0.322 e. The van der Waals surface area contributed by atoms with Crippen LogP contribution in [0.25, 0.3) is 10.9 Å². The minimum atomic E-state index is -4.75. The van der Waals surface area contributed by atoms with Crippen LogP contribution in [0.5, 0.6) is 0 Å². The van der Waals surface area contributed by atoms with E-state index in [0.29, 0.717) is 0 Å². The fraction of sp³-hybridized carbons (Fsp3) is 0.188. The average Bonchev–Trinajstić information content (AvgIpc) is 3.24. The predicted octanol–water partition coefficient (Wildman–Crippen LogP) is 3.13. The minimum absolute atomic E-state index is 0.0182. The Labute approximate surface area is 156 Å². The molecule has 0 amide bonds. The molecule has 2 heterocycles. The SMILES string of the molecule is CCC(=O)c1csc(C(=O)c2cn(COP(=O)(O)O)c3cccc(F)c23)n1. The molecule has 0 aliphatic heterocycles. The molecule has 0 aliphatic rings. The maximum atomic E-state index is 14.4. The van der Waals surface area contributed by atoms with E-state index < -0.39 is 26.2 Å². The summed E-state index contributed by atoms with van der Waals surface area (Å²) in [4.78, 5) is 46.3. The van der Waals surface area contributed by atoms with Crippen LogP contribution in [0.15, 0.2) is 29.8 Å². The van der Waals surface area contributed by atoms with Gasteiger partial charge in [0.1, 0.15) is 18.2 Å². The highest BCUT2D eigenvalue weighted by Gasteiger charge is 2.24. The van der Waals surface area contributed by atoms with E-state index in [1.165, 1.54) is 34.3 Å². The molecule has 2 aromatic heterocycles. The van der Waals surface area contributed by atoms with E-state index >= 15 is 0 Å². The zero-order valence-corrected chi connectivity index (χ0v) is 15.7. The molecule has 0 saturated heterocycles. The maximum absolute atomic E-state index is 14.4. The second-order valence-electron chi connectivity index (χ2n) is 5.54. The summed E-state index contributed by atoms with van der Waals surface area (Å²) in [6.45, 7) is 1.10. The van der Waals surface area contributed by atoms with Crippen LogP contribution < -0.4 is 0 Å². The van der Waals surface area contributed by atoms with Crippen molar-refractivity contribution in [2.24, 2.45) is 0 Å². The first-order chi connectivity index (χ1) is 12.7. The summed E-state index contributed by atoms with van der Waals surface area (Å²) >= 11 is 0.969. The number of benzene rings is 1. The number of rotatable bonds is 7.